The van der Waals surface area contributed by atoms with Crippen molar-refractivity contribution in [3.63, 3.8) is 0 Å². The molecule has 0 saturated heterocycles. The summed E-state index contributed by atoms with van der Waals surface area (Å²) >= 11 is 0. The highest BCUT2D eigenvalue weighted by molar-refractivity contribution is 6.33. The molecule has 94 valence electrons. The summed E-state index contributed by atoms with van der Waals surface area (Å²) in [5.74, 6) is 0.289. The zero-order chi connectivity index (χ0) is 13.4. The van der Waals surface area contributed by atoms with Crippen LogP contribution >= 0.6 is 0 Å². The minimum absolute atomic E-state index is 0.0547. The Hall–Kier alpha value is -2.28. The number of furan rings is 1. The van der Waals surface area contributed by atoms with Crippen molar-refractivity contribution < 1.29 is 9.52 Å². The third-order valence-electron chi connectivity index (χ3n) is 2.75. The van der Waals surface area contributed by atoms with Crippen LogP contribution in [0.3, 0.4) is 0 Å². The molecule has 0 unspecified atom stereocenters. The summed E-state index contributed by atoms with van der Waals surface area (Å²) in [7, 11) is 5.73. The van der Waals surface area contributed by atoms with Crippen molar-refractivity contribution in [2.45, 2.75) is 0 Å². The van der Waals surface area contributed by atoms with Gasteiger partial charge in [0.2, 0.25) is 11.5 Å². The van der Waals surface area contributed by atoms with Gasteiger partial charge in [-0.1, -0.05) is 17.6 Å². The number of rotatable bonds is 3. The van der Waals surface area contributed by atoms with E-state index in [4.69, 9.17) is 17.4 Å². The molecule has 3 N–H and O–H groups in total. The quantitative estimate of drug-likeness (QED) is 0.567. The van der Waals surface area contributed by atoms with Crippen LogP contribution in [-0.2, 0) is 0 Å². The van der Waals surface area contributed by atoms with E-state index in [0.29, 0.717) is 28.5 Å². The number of hydrogen-bond donors (Lipinski definition) is 3. The lowest BCUT2D eigenvalue weighted by Gasteiger charge is -2.01. The number of fused-ring (bicyclic) bond motifs is 3. The van der Waals surface area contributed by atoms with Gasteiger partial charge < -0.3 is 14.8 Å². The molecular weight excluding hydrogens is 245 g/mol. The molecule has 0 spiro atoms. The third kappa shape index (κ3) is 1.98. The van der Waals surface area contributed by atoms with Crippen LogP contribution in [0.15, 0.2) is 27.4 Å². The highest BCUT2D eigenvalue weighted by Crippen LogP contribution is 2.24. The molecule has 0 aliphatic rings. The molecular formula is C12H10BN3O3. The second kappa shape index (κ2) is 4.44. The second-order valence-electron chi connectivity index (χ2n) is 4.10. The Morgan fingerprint density at radius 3 is 3.11 bits per heavy atom. The fourth-order valence-corrected chi connectivity index (χ4v) is 1.93. The lowest BCUT2D eigenvalue weighted by atomic mass is 9.95. The zero-order valence-corrected chi connectivity index (χ0v) is 9.93. The van der Waals surface area contributed by atoms with Crippen LogP contribution in [0.5, 0.6) is 0 Å². The van der Waals surface area contributed by atoms with Gasteiger partial charge in [0.05, 0.1) is 6.61 Å². The third-order valence-corrected chi connectivity index (χ3v) is 2.75. The van der Waals surface area contributed by atoms with E-state index in [9.17, 15) is 4.79 Å². The summed E-state index contributed by atoms with van der Waals surface area (Å²) in [5.41, 5.74) is 1.37. The molecule has 0 fully saturated rings. The highest BCUT2D eigenvalue weighted by Gasteiger charge is 2.12. The van der Waals surface area contributed by atoms with Crippen LogP contribution in [-0.4, -0.2) is 36.1 Å². The normalized spacial score (nSPS) is 11.2. The van der Waals surface area contributed by atoms with Crippen molar-refractivity contribution in [1.82, 2.24) is 9.97 Å². The predicted molar refractivity (Wildman–Crippen MR) is 73.1 cm³/mol. The smallest absolute Gasteiger partial charge is 0.296 e. The van der Waals surface area contributed by atoms with Gasteiger partial charge in [0.15, 0.2) is 0 Å². The summed E-state index contributed by atoms with van der Waals surface area (Å²) in [6, 6.07) is 5.11. The maximum atomic E-state index is 11.9. The Kier molecular flexibility index (Phi) is 2.75. The Morgan fingerprint density at radius 1 is 1.47 bits per heavy atom. The first-order chi connectivity index (χ1) is 9.19. The van der Waals surface area contributed by atoms with Crippen LogP contribution in [0, 0.1) is 0 Å². The van der Waals surface area contributed by atoms with E-state index in [1.165, 1.54) is 0 Å². The van der Waals surface area contributed by atoms with E-state index in [0.717, 1.165) is 0 Å². The molecule has 19 heavy (non-hydrogen) atoms. The Labute approximate surface area is 108 Å². The fraction of sp³-hybridized carbons (Fsp3) is 0.167. The van der Waals surface area contributed by atoms with Gasteiger partial charge >= 0.3 is 0 Å². The van der Waals surface area contributed by atoms with E-state index in [1.54, 1.807) is 18.2 Å². The van der Waals surface area contributed by atoms with Crippen molar-refractivity contribution in [2.75, 3.05) is 18.5 Å². The fourth-order valence-electron chi connectivity index (χ4n) is 1.93. The molecule has 2 radical (unpaired) electrons. The van der Waals surface area contributed by atoms with Crippen molar-refractivity contribution in [3.05, 3.63) is 28.6 Å². The number of aromatic amines is 1. The molecule has 0 amide bonds. The Morgan fingerprint density at radius 2 is 2.32 bits per heavy atom. The van der Waals surface area contributed by atoms with Gasteiger partial charge in [-0.15, -0.1) is 0 Å². The Balaban J connectivity index is 2.28. The summed E-state index contributed by atoms with van der Waals surface area (Å²) in [6.45, 7) is 0.243. The molecule has 3 aromatic rings. The number of anilines is 1. The summed E-state index contributed by atoms with van der Waals surface area (Å²) < 4.78 is 5.46. The molecule has 0 aliphatic carbocycles. The van der Waals surface area contributed by atoms with E-state index < -0.39 is 0 Å². The number of nitrogens with zero attached hydrogens (tertiary/aromatic N) is 1. The minimum Gasteiger partial charge on any atom is -0.449 e. The van der Waals surface area contributed by atoms with Gasteiger partial charge in [-0.3, -0.25) is 9.78 Å². The van der Waals surface area contributed by atoms with Crippen LogP contribution in [0.1, 0.15) is 0 Å². The highest BCUT2D eigenvalue weighted by atomic mass is 16.3. The number of nitrogens with one attached hydrogen (secondary N) is 2. The maximum Gasteiger partial charge on any atom is 0.296 e. The number of benzene rings is 1. The molecule has 2 aromatic heterocycles. The molecule has 0 atom stereocenters. The minimum atomic E-state index is -0.375. The number of aliphatic hydroxyl groups excluding tert-OH is 1. The van der Waals surface area contributed by atoms with Gasteiger partial charge in [0.1, 0.15) is 18.9 Å². The number of aliphatic hydroxyl groups is 1. The van der Waals surface area contributed by atoms with Crippen LogP contribution in [0.4, 0.5) is 5.95 Å². The average molecular weight is 255 g/mol. The van der Waals surface area contributed by atoms with E-state index >= 15 is 0 Å². The number of aromatic nitrogens is 2. The largest absolute Gasteiger partial charge is 0.449 e. The molecule has 0 saturated carbocycles. The van der Waals surface area contributed by atoms with Crippen molar-refractivity contribution >= 4 is 41.3 Å². The average Bonchev–Trinajstić information content (AvgIpc) is 2.75. The maximum absolute atomic E-state index is 11.9. The summed E-state index contributed by atoms with van der Waals surface area (Å²) in [6.07, 6.45) is 0. The van der Waals surface area contributed by atoms with Gasteiger partial charge in [0, 0.05) is 11.9 Å². The van der Waals surface area contributed by atoms with E-state index in [2.05, 4.69) is 15.3 Å². The molecule has 3 rings (SSSR count). The monoisotopic (exact) mass is 255 g/mol. The summed E-state index contributed by atoms with van der Waals surface area (Å²) in [4.78, 5) is 18.7. The van der Waals surface area contributed by atoms with Crippen molar-refractivity contribution in [3.8, 4) is 0 Å². The molecule has 7 heteroatoms. The molecule has 2 heterocycles. The van der Waals surface area contributed by atoms with Crippen molar-refractivity contribution in [1.29, 1.82) is 0 Å². The van der Waals surface area contributed by atoms with Crippen LogP contribution < -0.4 is 16.3 Å². The van der Waals surface area contributed by atoms with Gasteiger partial charge in [-0.25, -0.2) is 4.98 Å². The first kappa shape index (κ1) is 11.8. The lowest BCUT2D eigenvalue weighted by Crippen LogP contribution is -2.14. The number of hydrogen-bond acceptors (Lipinski definition) is 5. The zero-order valence-electron chi connectivity index (χ0n) is 9.93. The molecule has 0 aliphatic heterocycles. The Bertz CT molecular complexity index is 809. The van der Waals surface area contributed by atoms with Gasteiger partial charge in [-0.2, -0.15) is 0 Å². The van der Waals surface area contributed by atoms with Gasteiger partial charge in [-0.05, 0) is 6.07 Å². The lowest BCUT2D eigenvalue weighted by molar-refractivity contribution is 0.311. The SMILES string of the molecule is [B]c1ccc2oc3c(=O)[nH]c(NCCO)nc3c2c1. The first-order valence-electron chi connectivity index (χ1n) is 5.76. The van der Waals surface area contributed by atoms with Gasteiger partial charge in [0.25, 0.3) is 5.56 Å². The first-order valence-corrected chi connectivity index (χ1v) is 5.76. The predicted octanol–water partition coefficient (Wildman–Crippen LogP) is -0.133. The summed E-state index contributed by atoms with van der Waals surface area (Å²) in [5, 5.41) is 12.3. The standard InChI is InChI=1S/C12H10BN3O3/c13-6-1-2-8-7(5-6)9-10(19-8)11(18)16-12(15-9)14-3-4-17/h1-2,5,17H,3-4H2,(H2,14,15,16,18). The topological polar surface area (TPSA) is 91.2 Å². The van der Waals surface area contributed by atoms with E-state index in [1.807, 2.05) is 0 Å². The second-order valence-corrected chi connectivity index (χ2v) is 4.10. The molecule has 1 aromatic carbocycles. The van der Waals surface area contributed by atoms with Crippen LogP contribution in [0.25, 0.3) is 22.1 Å². The number of H-pyrrole nitrogens is 1. The molecule has 6 nitrogen and oxygen atoms in total. The van der Waals surface area contributed by atoms with Crippen molar-refractivity contribution in [2.24, 2.45) is 0 Å². The van der Waals surface area contributed by atoms with E-state index in [-0.39, 0.29) is 23.7 Å². The molecule has 0 bridgehead atoms. The van der Waals surface area contributed by atoms with Crippen LogP contribution in [0.2, 0.25) is 0 Å².